The normalized spacial score (nSPS) is 27.3. The van der Waals surface area contributed by atoms with Crippen molar-refractivity contribution in [1.29, 1.82) is 0 Å². The Balaban J connectivity index is 1.67. The molecule has 1 aromatic rings. The number of rotatable bonds is 4. The van der Waals surface area contributed by atoms with Crippen LogP contribution in [0.4, 0.5) is 0 Å². The second-order valence-electron chi connectivity index (χ2n) is 6.53. The van der Waals surface area contributed by atoms with E-state index >= 15 is 0 Å². The Morgan fingerprint density at radius 3 is 2.57 bits per heavy atom. The molecule has 3 rings (SSSR count). The van der Waals surface area contributed by atoms with Gasteiger partial charge in [-0.05, 0) is 12.0 Å². The van der Waals surface area contributed by atoms with Gasteiger partial charge < -0.3 is 0 Å². The summed E-state index contributed by atoms with van der Waals surface area (Å²) in [5.41, 5.74) is 1.01. The number of fused-ring (bicyclic) bond motifs is 1. The number of Topliss-reactive ketones (excluding diaryl/α,β-unsaturated/α-hetero) is 1. The molecule has 2 amide bonds. The molecule has 1 unspecified atom stereocenters. The lowest BCUT2D eigenvalue weighted by Gasteiger charge is -2.25. The third kappa shape index (κ3) is 2.93. The van der Waals surface area contributed by atoms with Gasteiger partial charge >= 0.3 is 0 Å². The number of hydrogen-bond acceptors (Lipinski definition) is 4. The minimum atomic E-state index is -0.226. The highest BCUT2D eigenvalue weighted by Crippen LogP contribution is 2.36. The van der Waals surface area contributed by atoms with Gasteiger partial charge in [0.05, 0.1) is 18.5 Å². The smallest absolute Gasteiger partial charge is 0.233 e. The van der Waals surface area contributed by atoms with E-state index in [4.69, 9.17) is 0 Å². The van der Waals surface area contributed by atoms with Crippen molar-refractivity contribution in [3.8, 4) is 0 Å². The van der Waals surface area contributed by atoms with Crippen molar-refractivity contribution < 1.29 is 14.4 Å². The molecule has 1 aromatic carbocycles. The monoisotopic (exact) mass is 314 g/mol. The minimum Gasteiger partial charge on any atom is -0.298 e. The molecule has 0 saturated carbocycles. The molecule has 2 aliphatic heterocycles. The van der Waals surface area contributed by atoms with Crippen LogP contribution in [0.15, 0.2) is 30.3 Å². The molecular weight excluding hydrogens is 292 g/mol. The largest absolute Gasteiger partial charge is 0.298 e. The SMILES string of the molecule is CC(=O)N1C(=O)[C@@H](C)C2[C@@H]1CCN2CC(=O)Cc1ccccc1. The number of ketones is 1. The van der Waals surface area contributed by atoms with Crippen molar-refractivity contribution in [2.45, 2.75) is 38.8 Å². The number of carbonyl (C=O) groups is 3. The van der Waals surface area contributed by atoms with Gasteiger partial charge in [-0.25, -0.2) is 0 Å². The molecule has 0 spiro atoms. The van der Waals surface area contributed by atoms with E-state index in [1.165, 1.54) is 11.8 Å². The summed E-state index contributed by atoms with van der Waals surface area (Å²) in [6.45, 7) is 4.41. The minimum absolute atomic E-state index is 0.0221. The summed E-state index contributed by atoms with van der Waals surface area (Å²) >= 11 is 0. The zero-order valence-electron chi connectivity index (χ0n) is 13.6. The molecule has 0 bridgehead atoms. The molecule has 2 saturated heterocycles. The fraction of sp³-hybridized carbons (Fsp3) is 0.500. The summed E-state index contributed by atoms with van der Waals surface area (Å²) in [6, 6.07) is 9.59. The Kier molecular flexibility index (Phi) is 4.31. The first-order valence-corrected chi connectivity index (χ1v) is 8.12. The van der Waals surface area contributed by atoms with E-state index in [1.807, 2.05) is 37.3 Å². The van der Waals surface area contributed by atoms with Gasteiger partial charge in [0.15, 0.2) is 5.78 Å². The van der Waals surface area contributed by atoms with Crippen LogP contribution >= 0.6 is 0 Å². The van der Waals surface area contributed by atoms with Gasteiger partial charge in [-0.3, -0.25) is 24.2 Å². The number of hydrogen-bond donors (Lipinski definition) is 0. The van der Waals surface area contributed by atoms with Gasteiger partial charge in [0.1, 0.15) is 0 Å². The van der Waals surface area contributed by atoms with E-state index in [2.05, 4.69) is 4.90 Å². The van der Waals surface area contributed by atoms with Crippen LogP contribution < -0.4 is 0 Å². The zero-order chi connectivity index (χ0) is 16.6. The standard InChI is InChI=1S/C18H22N2O3/c1-12-17-16(20(13(2)21)18(12)23)8-9-19(17)11-15(22)10-14-6-4-3-5-7-14/h3-7,12,16-17H,8-11H2,1-2H3/t12-,16-,17?/m0/s1. The molecule has 0 aliphatic carbocycles. The van der Waals surface area contributed by atoms with Crippen molar-refractivity contribution in [3.63, 3.8) is 0 Å². The number of benzene rings is 1. The van der Waals surface area contributed by atoms with Crippen LogP contribution in [0.1, 0.15) is 25.8 Å². The Labute approximate surface area is 136 Å². The van der Waals surface area contributed by atoms with Crippen molar-refractivity contribution in [2.75, 3.05) is 13.1 Å². The van der Waals surface area contributed by atoms with Gasteiger partial charge in [-0.2, -0.15) is 0 Å². The Morgan fingerprint density at radius 2 is 1.91 bits per heavy atom. The molecule has 2 heterocycles. The molecule has 5 nitrogen and oxygen atoms in total. The quantitative estimate of drug-likeness (QED) is 0.840. The maximum Gasteiger partial charge on any atom is 0.233 e. The highest BCUT2D eigenvalue weighted by molar-refractivity contribution is 5.98. The molecule has 5 heteroatoms. The zero-order valence-corrected chi connectivity index (χ0v) is 13.6. The third-order valence-corrected chi connectivity index (χ3v) is 4.96. The van der Waals surface area contributed by atoms with Crippen LogP contribution in [0.2, 0.25) is 0 Å². The van der Waals surface area contributed by atoms with Gasteiger partial charge in [-0.15, -0.1) is 0 Å². The fourth-order valence-electron chi connectivity index (χ4n) is 4.00. The summed E-state index contributed by atoms with van der Waals surface area (Å²) in [5.74, 6) is -0.367. The Bertz CT molecular complexity index is 628. The van der Waals surface area contributed by atoms with Crippen LogP contribution in [0.5, 0.6) is 0 Å². The maximum absolute atomic E-state index is 12.4. The van der Waals surface area contributed by atoms with E-state index in [1.54, 1.807) is 0 Å². The third-order valence-electron chi connectivity index (χ3n) is 4.96. The molecule has 3 atom stereocenters. The van der Waals surface area contributed by atoms with Crippen molar-refractivity contribution in [2.24, 2.45) is 5.92 Å². The molecule has 122 valence electrons. The predicted molar refractivity (Wildman–Crippen MR) is 85.6 cm³/mol. The van der Waals surface area contributed by atoms with Crippen LogP contribution in [-0.2, 0) is 20.8 Å². The van der Waals surface area contributed by atoms with E-state index in [0.29, 0.717) is 13.0 Å². The van der Waals surface area contributed by atoms with E-state index in [0.717, 1.165) is 18.5 Å². The summed E-state index contributed by atoms with van der Waals surface area (Å²) in [4.78, 5) is 39.8. The molecule has 23 heavy (non-hydrogen) atoms. The van der Waals surface area contributed by atoms with Crippen molar-refractivity contribution >= 4 is 17.6 Å². The van der Waals surface area contributed by atoms with Crippen molar-refractivity contribution in [3.05, 3.63) is 35.9 Å². The predicted octanol–water partition coefficient (Wildman–Crippen LogP) is 1.27. The molecule has 0 radical (unpaired) electrons. The summed E-state index contributed by atoms with van der Waals surface area (Å²) < 4.78 is 0. The lowest BCUT2D eigenvalue weighted by molar-refractivity contribution is -0.143. The Hall–Kier alpha value is -2.01. The molecule has 0 N–H and O–H groups in total. The number of amides is 2. The average Bonchev–Trinajstić information content (AvgIpc) is 3.00. The Morgan fingerprint density at radius 1 is 1.22 bits per heavy atom. The van der Waals surface area contributed by atoms with Crippen molar-refractivity contribution in [1.82, 2.24) is 9.80 Å². The number of nitrogens with zero attached hydrogens (tertiary/aromatic N) is 2. The van der Waals surface area contributed by atoms with Crippen LogP contribution in [0, 0.1) is 5.92 Å². The van der Waals surface area contributed by atoms with Crippen LogP contribution in [0.3, 0.4) is 0 Å². The van der Waals surface area contributed by atoms with Crippen LogP contribution in [0.25, 0.3) is 0 Å². The first kappa shape index (κ1) is 15.9. The molecule has 0 aromatic heterocycles. The summed E-state index contributed by atoms with van der Waals surface area (Å²) in [5, 5.41) is 0. The van der Waals surface area contributed by atoms with Gasteiger partial charge in [0, 0.05) is 25.9 Å². The maximum atomic E-state index is 12.4. The van der Waals surface area contributed by atoms with Gasteiger partial charge in [-0.1, -0.05) is 37.3 Å². The summed E-state index contributed by atoms with van der Waals surface area (Å²) in [7, 11) is 0. The molecule has 2 aliphatic rings. The van der Waals surface area contributed by atoms with Gasteiger partial charge in [0.25, 0.3) is 0 Å². The second kappa shape index (κ2) is 6.24. The molecular formula is C18H22N2O3. The number of imide groups is 1. The lowest BCUT2D eigenvalue weighted by atomic mass is 10.0. The highest BCUT2D eigenvalue weighted by Gasteiger charge is 2.53. The topological polar surface area (TPSA) is 57.7 Å². The second-order valence-corrected chi connectivity index (χ2v) is 6.53. The number of likely N-dealkylation sites (tertiary alicyclic amines) is 2. The van der Waals surface area contributed by atoms with E-state index in [-0.39, 0.29) is 35.6 Å². The fourth-order valence-corrected chi connectivity index (χ4v) is 4.00. The van der Waals surface area contributed by atoms with Gasteiger partial charge in [0.2, 0.25) is 11.8 Å². The highest BCUT2D eigenvalue weighted by atomic mass is 16.2. The van der Waals surface area contributed by atoms with E-state index in [9.17, 15) is 14.4 Å². The van der Waals surface area contributed by atoms with Crippen LogP contribution in [-0.4, -0.2) is 52.6 Å². The first-order valence-electron chi connectivity index (χ1n) is 8.12. The van der Waals surface area contributed by atoms with E-state index < -0.39 is 0 Å². The molecule has 2 fully saturated rings. The number of carbonyl (C=O) groups excluding carboxylic acids is 3. The average molecular weight is 314 g/mol. The summed E-state index contributed by atoms with van der Waals surface area (Å²) in [6.07, 6.45) is 1.17. The lowest BCUT2D eigenvalue weighted by Crippen LogP contribution is -2.42. The first-order chi connectivity index (χ1) is 11.0.